The van der Waals surface area contributed by atoms with Crippen LogP contribution in [0.4, 0.5) is 0 Å². The molecule has 0 N–H and O–H groups in total. The Morgan fingerprint density at radius 1 is 0.957 bits per heavy atom. The number of carbonyl (C=O) groups is 2. The van der Waals surface area contributed by atoms with Gasteiger partial charge in [0.1, 0.15) is 11.5 Å². The summed E-state index contributed by atoms with van der Waals surface area (Å²) in [6, 6.07) is 17.0. The third-order valence-electron chi connectivity index (χ3n) is 4.32. The topological polar surface area (TPSA) is 43.4 Å². The summed E-state index contributed by atoms with van der Waals surface area (Å²) in [5.74, 6) is -1.10. The molecule has 0 saturated carbocycles. The van der Waals surface area contributed by atoms with Crippen molar-refractivity contribution in [2.24, 2.45) is 5.41 Å². The second-order valence-corrected chi connectivity index (χ2v) is 7.08. The number of hydrogen-bond acceptors (Lipinski definition) is 3. The Bertz CT molecular complexity index is 752. The zero-order chi connectivity index (χ0) is 16.6. The van der Waals surface area contributed by atoms with E-state index < -0.39 is 23.4 Å². The normalized spacial score (nSPS) is 23.4. The van der Waals surface area contributed by atoms with Gasteiger partial charge in [-0.1, -0.05) is 64.5 Å². The van der Waals surface area contributed by atoms with Gasteiger partial charge in [-0.2, -0.15) is 0 Å². The third kappa shape index (κ3) is 2.72. The number of ether oxygens (including phenoxy) is 1. The Hall–Kier alpha value is -1.94. The van der Waals surface area contributed by atoms with Crippen LogP contribution in [-0.2, 0) is 14.3 Å². The molecule has 0 aliphatic carbocycles. The molecule has 118 valence electrons. The first-order valence-corrected chi connectivity index (χ1v) is 8.27. The Balaban J connectivity index is 2.14. The molecule has 1 aliphatic heterocycles. The molecule has 4 heteroatoms. The molecule has 3 nitrogen and oxygen atoms in total. The van der Waals surface area contributed by atoms with Crippen LogP contribution in [0.1, 0.15) is 37.0 Å². The van der Waals surface area contributed by atoms with Crippen LogP contribution < -0.4 is 0 Å². The van der Waals surface area contributed by atoms with Crippen LogP contribution in [0.15, 0.2) is 59.1 Å². The molecule has 2 atom stereocenters. The average molecular weight is 373 g/mol. The van der Waals surface area contributed by atoms with Crippen molar-refractivity contribution < 1.29 is 14.3 Å². The molecule has 23 heavy (non-hydrogen) atoms. The number of rotatable bonds is 2. The van der Waals surface area contributed by atoms with Gasteiger partial charge in [-0.25, -0.2) is 0 Å². The van der Waals surface area contributed by atoms with Gasteiger partial charge in [0.25, 0.3) is 0 Å². The molecule has 0 aromatic heterocycles. The first-order valence-electron chi connectivity index (χ1n) is 7.47. The van der Waals surface area contributed by atoms with Crippen molar-refractivity contribution in [2.45, 2.75) is 25.9 Å². The number of carbonyl (C=O) groups excluding carboxylic acids is 2. The zero-order valence-electron chi connectivity index (χ0n) is 13.0. The van der Waals surface area contributed by atoms with Crippen molar-refractivity contribution in [1.82, 2.24) is 0 Å². The Morgan fingerprint density at radius 3 is 2.22 bits per heavy atom. The standard InChI is InChI=1S/C19H17BrO3/c1-19(2)17(21)15(12-8-4-3-5-9-12)16(23-18(19)22)13-10-6-7-11-14(13)20/h3-11,15-16H,1-2H3/t15-,16+/m0/s1. The fourth-order valence-corrected chi connectivity index (χ4v) is 3.40. The Morgan fingerprint density at radius 2 is 1.57 bits per heavy atom. The van der Waals surface area contributed by atoms with Crippen LogP contribution in [0.5, 0.6) is 0 Å². The molecule has 0 unspecified atom stereocenters. The summed E-state index contributed by atoms with van der Waals surface area (Å²) in [4.78, 5) is 25.4. The third-order valence-corrected chi connectivity index (χ3v) is 5.04. The maximum atomic E-state index is 13.0. The lowest BCUT2D eigenvalue weighted by molar-refractivity contribution is -0.174. The largest absolute Gasteiger partial charge is 0.456 e. The highest BCUT2D eigenvalue weighted by molar-refractivity contribution is 9.10. The summed E-state index contributed by atoms with van der Waals surface area (Å²) in [6.07, 6.45) is -0.624. The summed E-state index contributed by atoms with van der Waals surface area (Å²) in [7, 11) is 0. The highest BCUT2D eigenvalue weighted by Crippen LogP contribution is 2.46. The van der Waals surface area contributed by atoms with Crippen LogP contribution in [0, 0.1) is 5.41 Å². The molecule has 3 rings (SSSR count). The van der Waals surface area contributed by atoms with E-state index in [1.165, 1.54) is 0 Å². The van der Waals surface area contributed by atoms with E-state index in [2.05, 4.69) is 15.9 Å². The quantitative estimate of drug-likeness (QED) is 0.578. The fourth-order valence-electron chi connectivity index (χ4n) is 2.89. The molecule has 2 aromatic rings. The zero-order valence-corrected chi connectivity index (χ0v) is 14.5. The molecular formula is C19H17BrO3. The van der Waals surface area contributed by atoms with Crippen LogP contribution in [0.3, 0.4) is 0 Å². The average Bonchev–Trinajstić information content (AvgIpc) is 2.54. The fraction of sp³-hybridized carbons (Fsp3) is 0.263. The summed E-state index contributed by atoms with van der Waals surface area (Å²) < 4.78 is 6.54. The van der Waals surface area contributed by atoms with Crippen molar-refractivity contribution in [3.05, 3.63) is 70.2 Å². The smallest absolute Gasteiger partial charge is 0.319 e. The van der Waals surface area contributed by atoms with Gasteiger partial charge >= 0.3 is 5.97 Å². The SMILES string of the molecule is CC1(C)C(=O)O[C@H](c2ccccc2Br)[C@H](c2ccccc2)C1=O. The van der Waals surface area contributed by atoms with E-state index in [0.717, 1.165) is 15.6 Å². The van der Waals surface area contributed by atoms with Gasteiger partial charge in [0.05, 0.1) is 5.92 Å². The van der Waals surface area contributed by atoms with Gasteiger partial charge in [0, 0.05) is 10.0 Å². The lowest BCUT2D eigenvalue weighted by Crippen LogP contribution is -2.46. The molecule has 1 aliphatic rings. The van der Waals surface area contributed by atoms with Gasteiger partial charge in [-0.3, -0.25) is 9.59 Å². The number of esters is 1. The summed E-state index contributed by atoms with van der Waals surface area (Å²) in [6.45, 7) is 3.26. The van der Waals surface area contributed by atoms with E-state index in [0.29, 0.717) is 0 Å². The van der Waals surface area contributed by atoms with Crippen molar-refractivity contribution in [3.63, 3.8) is 0 Å². The molecule has 0 bridgehead atoms. The number of Topliss-reactive ketones (excluding diaryl/α,β-unsaturated/α-hetero) is 1. The number of cyclic esters (lactones) is 1. The Kier molecular flexibility index (Phi) is 4.11. The van der Waals surface area contributed by atoms with Crippen molar-refractivity contribution >= 4 is 27.7 Å². The van der Waals surface area contributed by atoms with Crippen molar-refractivity contribution in [3.8, 4) is 0 Å². The first kappa shape index (κ1) is 15.9. The van der Waals surface area contributed by atoms with Crippen LogP contribution in [0.25, 0.3) is 0 Å². The highest BCUT2D eigenvalue weighted by Gasteiger charge is 2.51. The molecular weight excluding hydrogens is 356 g/mol. The Labute approximate surface area is 143 Å². The minimum Gasteiger partial charge on any atom is -0.456 e. The van der Waals surface area contributed by atoms with E-state index in [9.17, 15) is 9.59 Å². The van der Waals surface area contributed by atoms with Gasteiger partial charge in [-0.15, -0.1) is 0 Å². The molecule has 2 aromatic carbocycles. The van der Waals surface area contributed by atoms with E-state index in [-0.39, 0.29) is 5.78 Å². The molecule has 1 heterocycles. The van der Waals surface area contributed by atoms with E-state index in [1.54, 1.807) is 13.8 Å². The van der Waals surface area contributed by atoms with E-state index in [1.807, 2.05) is 54.6 Å². The number of hydrogen-bond donors (Lipinski definition) is 0. The van der Waals surface area contributed by atoms with Crippen molar-refractivity contribution in [2.75, 3.05) is 0 Å². The summed E-state index contributed by atoms with van der Waals surface area (Å²) in [5.41, 5.74) is 0.524. The number of ketones is 1. The lowest BCUT2D eigenvalue weighted by Gasteiger charge is -2.38. The maximum absolute atomic E-state index is 13.0. The molecule has 0 spiro atoms. The second kappa shape index (κ2) is 5.93. The van der Waals surface area contributed by atoms with Crippen LogP contribution in [-0.4, -0.2) is 11.8 Å². The van der Waals surface area contributed by atoms with E-state index >= 15 is 0 Å². The van der Waals surface area contributed by atoms with Gasteiger partial charge < -0.3 is 4.74 Å². The van der Waals surface area contributed by atoms with Crippen molar-refractivity contribution in [1.29, 1.82) is 0 Å². The minimum atomic E-state index is -1.14. The first-order chi connectivity index (χ1) is 10.9. The maximum Gasteiger partial charge on any atom is 0.319 e. The monoisotopic (exact) mass is 372 g/mol. The number of benzene rings is 2. The highest BCUT2D eigenvalue weighted by atomic mass is 79.9. The van der Waals surface area contributed by atoms with Crippen LogP contribution in [0.2, 0.25) is 0 Å². The predicted molar refractivity (Wildman–Crippen MR) is 90.9 cm³/mol. The summed E-state index contributed by atoms with van der Waals surface area (Å²) >= 11 is 3.50. The van der Waals surface area contributed by atoms with Gasteiger partial charge in [0.2, 0.25) is 0 Å². The molecule has 1 saturated heterocycles. The summed E-state index contributed by atoms with van der Waals surface area (Å²) in [5, 5.41) is 0. The minimum absolute atomic E-state index is 0.110. The van der Waals surface area contributed by atoms with Gasteiger partial charge in [0.15, 0.2) is 5.78 Å². The van der Waals surface area contributed by atoms with Crippen LogP contribution >= 0.6 is 15.9 Å². The van der Waals surface area contributed by atoms with E-state index in [4.69, 9.17) is 4.74 Å². The van der Waals surface area contributed by atoms with Gasteiger partial charge in [-0.05, 0) is 25.5 Å². The second-order valence-electron chi connectivity index (χ2n) is 6.23. The molecule has 0 amide bonds. The number of halogens is 1. The predicted octanol–water partition coefficient (Wildman–Crippen LogP) is 4.43. The molecule has 0 radical (unpaired) electrons. The molecule has 1 fully saturated rings. The lowest BCUT2D eigenvalue weighted by atomic mass is 9.72.